The van der Waals surface area contributed by atoms with Crippen LogP contribution in [0.2, 0.25) is 0 Å². The van der Waals surface area contributed by atoms with Gasteiger partial charge in [0.05, 0.1) is 31.5 Å². The smallest absolute Gasteiger partial charge is 0.339 e. The Morgan fingerprint density at radius 2 is 1.62 bits per heavy atom. The summed E-state index contributed by atoms with van der Waals surface area (Å²) in [5.41, 5.74) is 0.538. The lowest BCUT2D eigenvalue weighted by Gasteiger charge is -2.39. The van der Waals surface area contributed by atoms with E-state index in [-0.39, 0.29) is 48.5 Å². The summed E-state index contributed by atoms with van der Waals surface area (Å²) in [4.78, 5) is 12.1. The number of hydrogen-bond donors (Lipinski definition) is 8. The molecule has 0 radical (unpaired) electrons. The molecule has 220 valence electrons. The van der Waals surface area contributed by atoms with Crippen molar-refractivity contribution >= 4 is 5.97 Å². The first kappa shape index (κ1) is 30.1. The van der Waals surface area contributed by atoms with Gasteiger partial charge < -0.3 is 59.8 Å². The van der Waals surface area contributed by atoms with E-state index in [0.29, 0.717) is 5.56 Å². The van der Waals surface area contributed by atoms with E-state index >= 15 is 0 Å². The van der Waals surface area contributed by atoms with Crippen molar-refractivity contribution in [2.75, 3.05) is 13.2 Å². The molecule has 13 heteroatoms. The van der Waals surface area contributed by atoms with Crippen molar-refractivity contribution in [1.82, 2.24) is 0 Å². The molecule has 2 saturated heterocycles. The fourth-order valence-corrected chi connectivity index (χ4v) is 4.76. The van der Waals surface area contributed by atoms with Crippen LogP contribution in [0.1, 0.15) is 40.4 Å². The first-order chi connectivity index (χ1) is 19.1. The molecule has 0 aromatic heterocycles. The van der Waals surface area contributed by atoms with E-state index in [1.807, 2.05) is 0 Å². The van der Waals surface area contributed by atoms with Crippen molar-refractivity contribution < 1.29 is 64.6 Å². The summed E-state index contributed by atoms with van der Waals surface area (Å²) in [6.45, 7) is -0.916. The highest BCUT2D eigenvalue weighted by atomic mass is 16.7. The average Bonchev–Trinajstić information content (AvgIpc) is 2.93. The number of aromatic carboxylic acids is 1. The summed E-state index contributed by atoms with van der Waals surface area (Å²) in [5.74, 6) is -1.08. The van der Waals surface area contributed by atoms with Crippen LogP contribution in [0.4, 0.5) is 0 Å². The molecule has 9 atom stereocenters. The van der Waals surface area contributed by atoms with Crippen molar-refractivity contribution in [1.29, 1.82) is 0 Å². The second kappa shape index (κ2) is 13.2. The Bertz CT molecular complexity index is 1120. The van der Waals surface area contributed by atoms with Gasteiger partial charge >= 0.3 is 5.97 Å². The van der Waals surface area contributed by atoms with Crippen LogP contribution in [0.3, 0.4) is 0 Å². The highest BCUT2D eigenvalue weighted by Gasteiger charge is 2.44. The molecular formula is C27H34O13. The Morgan fingerprint density at radius 3 is 2.27 bits per heavy atom. The summed E-state index contributed by atoms with van der Waals surface area (Å²) < 4.78 is 22.2. The average molecular weight is 567 g/mol. The molecule has 2 aliphatic heterocycles. The molecule has 40 heavy (non-hydrogen) atoms. The second-order valence-corrected chi connectivity index (χ2v) is 9.81. The summed E-state index contributed by atoms with van der Waals surface area (Å²) in [5, 5.41) is 79.5. The minimum Gasteiger partial charge on any atom is -0.478 e. The largest absolute Gasteiger partial charge is 0.478 e. The first-order valence-corrected chi connectivity index (χ1v) is 12.8. The number of aliphatic hydroxyl groups excluding tert-OH is 7. The van der Waals surface area contributed by atoms with Gasteiger partial charge in [-0.25, -0.2) is 4.79 Å². The van der Waals surface area contributed by atoms with Crippen molar-refractivity contribution in [3.8, 4) is 11.5 Å². The summed E-state index contributed by atoms with van der Waals surface area (Å²) in [6.07, 6.45) is -10.4. The van der Waals surface area contributed by atoms with Gasteiger partial charge in [0.1, 0.15) is 41.5 Å². The maximum Gasteiger partial charge on any atom is 0.339 e. The summed E-state index contributed by atoms with van der Waals surface area (Å²) in [6, 6.07) is 10.6. The Balaban J connectivity index is 1.44. The van der Waals surface area contributed by atoms with Crippen LogP contribution in [-0.2, 0) is 15.9 Å². The Kier molecular flexibility index (Phi) is 9.94. The van der Waals surface area contributed by atoms with E-state index < -0.39 is 67.9 Å². The number of carbonyl (C=O) groups is 1. The van der Waals surface area contributed by atoms with E-state index in [1.165, 1.54) is 30.3 Å². The zero-order chi connectivity index (χ0) is 29.0. The van der Waals surface area contributed by atoms with Gasteiger partial charge in [-0.2, -0.15) is 0 Å². The minimum atomic E-state index is -1.59. The molecule has 2 heterocycles. The fraction of sp³-hybridized carbons (Fsp3) is 0.519. The molecule has 2 fully saturated rings. The van der Waals surface area contributed by atoms with Crippen molar-refractivity contribution in [2.24, 2.45) is 0 Å². The number of ether oxygens (including phenoxy) is 4. The van der Waals surface area contributed by atoms with Crippen LogP contribution in [0.5, 0.6) is 11.5 Å². The van der Waals surface area contributed by atoms with Crippen molar-refractivity contribution in [3.63, 3.8) is 0 Å². The van der Waals surface area contributed by atoms with Crippen LogP contribution in [0.15, 0.2) is 42.5 Å². The molecule has 2 aromatic rings. The molecule has 13 nitrogen and oxygen atoms in total. The van der Waals surface area contributed by atoms with Crippen LogP contribution in [0.25, 0.3) is 0 Å². The van der Waals surface area contributed by atoms with Crippen LogP contribution in [-0.4, -0.2) is 109 Å². The maximum absolute atomic E-state index is 12.1. The molecule has 2 aliphatic rings. The van der Waals surface area contributed by atoms with Gasteiger partial charge in [-0.1, -0.05) is 24.3 Å². The van der Waals surface area contributed by atoms with Crippen molar-refractivity contribution in [3.05, 3.63) is 59.2 Å². The zero-order valence-electron chi connectivity index (χ0n) is 21.4. The van der Waals surface area contributed by atoms with E-state index in [0.717, 1.165) is 0 Å². The molecule has 8 N–H and O–H groups in total. The third-order valence-corrected chi connectivity index (χ3v) is 6.91. The SMILES string of the molecule is O=C(O)c1c(CC(O)c2ccc(O[C@@H]3O[C@H](CO)[C@@H](O)[C@H](O)[C@H]3O)cc2)cccc1O[C@H]1CC(O)C[C@@H](CO)O1. The van der Waals surface area contributed by atoms with E-state index in [4.69, 9.17) is 18.9 Å². The molecule has 0 amide bonds. The Labute approximate surface area is 229 Å². The lowest BCUT2D eigenvalue weighted by atomic mass is 9.96. The molecule has 2 aromatic carbocycles. The van der Waals surface area contributed by atoms with E-state index in [1.54, 1.807) is 12.1 Å². The lowest BCUT2D eigenvalue weighted by Crippen LogP contribution is -2.60. The zero-order valence-corrected chi connectivity index (χ0v) is 21.4. The quantitative estimate of drug-likeness (QED) is 0.175. The molecular weight excluding hydrogens is 532 g/mol. The fourth-order valence-electron chi connectivity index (χ4n) is 4.76. The lowest BCUT2D eigenvalue weighted by molar-refractivity contribution is -0.277. The van der Waals surface area contributed by atoms with Gasteiger partial charge in [-0.05, 0) is 29.3 Å². The van der Waals surface area contributed by atoms with Crippen molar-refractivity contribution in [2.45, 2.75) is 74.6 Å². The molecule has 0 spiro atoms. The maximum atomic E-state index is 12.1. The van der Waals surface area contributed by atoms with Crippen LogP contribution in [0, 0.1) is 0 Å². The normalized spacial score (nSPS) is 31.4. The van der Waals surface area contributed by atoms with Gasteiger partial charge in [0.25, 0.3) is 0 Å². The monoisotopic (exact) mass is 566 g/mol. The molecule has 2 unspecified atom stereocenters. The Hall–Kier alpha value is -2.85. The second-order valence-electron chi connectivity index (χ2n) is 9.81. The highest BCUT2D eigenvalue weighted by molar-refractivity contribution is 5.92. The third-order valence-electron chi connectivity index (χ3n) is 6.91. The van der Waals surface area contributed by atoms with Gasteiger partial charge in [0.2, 0.25) is 12.6 Å². The number of hydrogen-bond acceptors (Lipinski definition) is 12. The predicted molar refractivity (Wildman–Crippen MR) is 135 cm³/mol. The van der Waals surface area contributed by atoms with E-state index in [2.05, 4.69) is 0 Å². The van der Waals surface area contributed by atoms with E-state index in [9.17, 15) is 45.6 Å². The number of aliphatic hydroxyl groups is 7. The van der Waals surface area contributed by atoms with Crippen LogP contribution >= 0.6 is 0 Å². The highest BCUT2D eigenvalue weighted by Crippen LogP contribution is 2.31. The van der Waals surface area contributed by atoms with Gasteiger partial charge in [0.15, 0.2) is 0 Å². The topological polar surface area (TPSA) is 216 Å². The Morgan fingerprint density at radius 1 is 0.900 bits per heavy atom. The summed E-state index contributed by atoms with van der Waals surface area (Å²) >= 11 is 0. The number of benzene rings is 2. The third kappa shape index (κ3) is 6.89. The van der Waals surface area contributed by atoms with Gasteiger partial charge in [-0.3, -0.25) is 0 Å². The number of carboxylic acid groups (broad SMARTS) is 1. The van der Waals surface area contributed by atoms with Gasteiger partial charge in [0, 0.05) is 19.3 Å². The molecule has 0 aliphatic carbocycles. The number of carboxylic acids is 1. The predicted octanol–water partition coefficient (Wildman–Crippen LogP) is -0.923. The standard InChI is InChI=1S/C27H34O13/c28-11-17-9-15(30)10-21(37-17)39-19-3-1-2-14(22(19)26(35)36)8-18(31)13-4-6-16(7-5-13)38-27-25(34)24(33)23(32)20(12-29)40-27/h1-7,15,17-18,20-21,23-25,27-34H,8-12H2,(H,35,36)/t15?,17-,18?,20+,21-,23+,24-,25+,27+/m0/s1. The summed E-state index contributed by atoms with van der Waals surface area (Å²) in [7, 11) is 0. The molecule has 4 rings (SSSR count). The number of rotatable bonds is 10. The van der Waals surface area contributed by atoms with Gasteiger partial charge in [-0.15, -0.1) is 0 Å². The minimum absolute atomic E-state index is 0.00346. The molecule has 0 saturated carbocycles. The molecule has 0 bridgehead atoms. The van der Waals surface area contributed by atoms with Crippen LogP contribution < -0.4 is 9.47 Å². The first-order valence-electron chi connectivity index (χ1n) is 12.8.